The first-order valence-corrected chi connectivity index (χ1v) is 8.58. The van der Waals surface area contributed by atoms with Gasteiger partial charge in [0.05, 0.1) is 19.3 Å². The van der Waals surface area contributed by atoms with E-state index in [0.29, 0.717) is 35.5 Å². The minimum atomic E-state index is -0.524. The van der Waals surface area contributed by atoms with Crippen LogP contribution in [-0.4, -0.2) is 39.9 Å². The highest BCUT2D eigenvalue weighted by atomic mass is 16.5. The zero-order valence-corrected chi connectivity index (χ0v) is 15.4. The van der Waals surface area contributed by atoms with E-state index < -0.39 is 6.04 Å². The van der Waals surface area contributed by atoms with Gasteiger partial charge < -0.3 is 14.8 Å². The Kier molecular flexibility index (Phi) is 5.20. The molecule has 1 aromatic heterocycles. The molecule has 26 heavy (non-hydrogen) atoms. The summed E-state index contributed by atoms with van der Waals surface area (Å²) in [6.45, 7) is 6.37. The maximum absolute atomic E-state index is 12.9. The molecule has 0 amide bonds. The first-order chi connectivity index (χ1) is 12.5. The molecule has 1 N–H and O–H groups in total. The van der Waals surface area contributed by atoms with E-state index in [1.807, 2.05) is 31.2 Å². The number of carbonyl (C=O) groups excluding carboxylic acids is 1. The lowest BCUT2D eigenvalue weighted by atomic mass is 9.95. The Labute approximate surface area is 152 Å². The predicted molar refractivity (Wildman–Crippen MR) is 95.7 cm³/mol. The lowest BCUT2D eigenvalue weighted by Gasteiger charge is -2.28. The molecule has 0 aliphatic carbocycles. The molecule has 1 aromatic carbocycles. The van der Waals surface area contributed by atoms with E-state index in [0.717, 1.165) is 12.0 Å². The third-order valence-electron chi connectivity index (χ3n) is 4.30. The van der Waals surface area contributed by atoms with E-state index in [4.69, 9.17) is 9.47 Å². The van der Waals surface area contributed by atoms with Crippen LogP contribution in [0.5, 0.6) is 5.75 Å². The number of rotatable bonds is 6. The number of nitrogens with zero attached hydrogens (tertiary/aromatic N) is 4. The largest absolute Gasteiger partial charge is 0.496 e. The number of fused-ring (bicyclic) bond motifs is 1. The molecule has 1 atom stereocenters. The Morgan fingerprint density at radius 1 is 1.35 bits per heavy atom. The van der Waals surface area contributed by atoms with Gasteiger partial charge in [-0.2, -0.15) is 4.68 Å². The van der Waals surface area contributed by atoms with Crippen LogP contribution in [0.25, 0.3) is 0 Å². The molecule has 0 radical (unpaired) electrons. The number of allylic oxidation sites excluding steroid dienone is 1. The van der Waals surface area contributed by atoms with Crippen LogP contribution in [-0.2, 0) is 9.53 Å². The zero-order chi connectivity index (χ0) is 18.7. The number of tetrazole rings is 1. The molecule has 1 aliphatic heterocycles. The number of anilines is 1. The summed E-state index contributed by atoms with van der Waals surface area (Å²) in [4.78, 5) is 12.9. The molecule has 1 aliphatic rings. The zero-order valence-electron chi connectivity index (χ0n) is 15.4. The third-order valence-corrected chi connectivity index (χ3v) is 4.30. The van der Waals surface area contributed by atoms with Crippen LogP contribution in [0.1, 0.15) is 38.8 Å². The number of methoxy groups -OCH3 is 1. The molecule has 0 fully saturated rings. The number of nitrogens with one attached hydrogen (secondary N) is 1. The summed E-state index contributed by atoms with van der Waals surface area (Å²) in [6, 6.07) is 6.99. The maximum atomic E-state index is 12.9. The quantitative estimate of drug-likeness (QED) is 0.794. The molecule has 8 nitrogen and oxygen atoms in total. The third kappa shape index (κ3) is 3.40. The van der Waals surface area contributed by atoms with Crippen LogP contribution in [0.2, 0.25) is 0 Å². The van der Waals surface area contributed by atoms with Gasteiger partial charge in [-0.1, -0.05) is 37.1 Å². The van der Waals surface area contributed by atoms with E-state index in [-0.39, 0.29) is 5.97 Å². The smallest absolute Gasteiger partial charge is 0.338 e. The summed E-state index contributed by atoms with van der Waals surface area (Å²) >= 11 is 0. The van der Waals surface area contributed by atoms with Gasteiger partial charge in [0.25, 0.3) is 0 Å². The van der Waals surface area contributed by atoms with Crippen LogP contribution in [0.15, 0.2) is 35.5 Å². The number of hydrogen-bond donors (Lipinski definition) is 1. The fraction of sp³-hybridized carbons (Fsp3) is 0.444. The number of para-hydroxylation sites is 1. The summed E-state index contributed by atoms with van der Waals surface area (Å²) in [5.41, 5.74) is 1.93. The molecule has 2 heterocycles. The molecule has 8 heteroatoms. The Balaban J connectivity index is 2.01. The highest BCUT2D eigenvalue weighted by Gasteiger charge is 2.36. The molecule has 0 spiro atoms. The second kappa shape index (κ2) is 7.55. The number of esters is 1. The fourth-order valence-corrected chi connectivity index (χ4v) is 2.92. The van der Waals surface area contributed by atoms with Crippen LogP contribution in [0, 0.1) is 5.92 Å². The number of carbonyl (C=O) groups is 1. The Bertz CT molecular complexity index is 828. The molecular formula is C18H23N5O3. The van der Waals surface area contributed by atoms with Gasteiger partial charge in [-0.3, -0.25) is 0 Å². The van der Waals surface area contributed by atoms with Crippen molar-refractivity contribution in [2.75, 3.05) is 19.0 Å². The van der Waals surface area contributed by atoms with Gasteiger partial charge in [0.2, 0.25) is 5.95 Å². The van der Waals surface area contributed by atoms with Gasteiger partial charge in [0, 0.05) is 11.3 Å². The summed E-state index contributed by atoms with van der Waals surface area (Å²) < 4.78 is 12.6. The molecule has 138 valence electrons. The lowest BCUT2D eigenvalue weighted by molar-refractivity contribution is -0.139. The Hall–Kier alpha value is -2.90. The van der Waals surface area contributed by atoms with Crippen LogP contribution < -0.4 is 10.1 Å². The Morgan fingerprint density at radius 2 is 2.12 bits per heavy atom. The average molecular weight is 357 g/mol. The van der Waals surface area contributed by atoms with E-state index in [1.165, 1.54) is 0 Å². The van der Waals surface area contributed by atoms with Gasteiger partial charge in [-0.05, 0) is 35.8 Å². The van der Waals surface area contributed by atoms with Crippen molar-refractivity contribution in [3.8, 4) is 5.75 Å². The van der Waals surface area contributed by atoms with Crippen LogP contribution in [0.3, 0.4) is 0 Å². The minimum Gasteiger partial charge on any atom is -0.496 e. The summed E-state index contributed by atoms with van der Waals surface area (Å²) in [5.74, 6) is 1.20. The van der Waals surface area contributed by atoms with E-state index >= 15 is 0 Å². The molecular weight excluding hydrogens is 334 g/mol. The van der Waals surface area contributed by atoms with Gasteiger partial charge in [-0.25, -0.2) is 4.79 Å². The molecule has 0 saturated heterocycles. The van der Waals surface area contributed by atoms with Crippen molar-refractivity contribution in [1.29, 1.82) is 0 Å². The Morgan fingerprint density at radius 3 is 2.85 bits per heavy atom. The van der Waals surface area contributed by atoms with Crippen molar-refractivity contribution in [3.05, 3.63) is 41.1 Å². The fourth-order valence-electron chi connectivity index (χ4n) is 2.92. The van der Waals surface area contributed by atoms with Gasteiger partial charge in [-0.15, -0.1) is 0 Å². The minimum absolute atomic E-state index is 0.369. The molecule has 2 aromatic rings. The van der Waals surface area contributed by atoms with E-state index in [1.54, 1.807) is 11.8 Å². The van der Waals surface area contributed by atoms with Gasteiger partial charge in [0.15, 0.2) is 0 Å². The van der Waals surface area contributed by atoms with Crippen molar-refractivity contribution >= 4 is 11.9 Å². The van der Waals surface area contributed by atoms with Crippen molar-refractivity contribution in [2.45, 2.75) is 33.2 Å². The summed E-state index contributed by atoms with van der Waals surface area (Å²) in [7, 11) is 1.59. The number of hydrogen-bond acceptors (Lipinski definition) is 7. The average Bonchev–Trinajstić information content (AvgIpc) is 3.08. The lowest BCUT2D eigenvalue weighted by Crippen LogP contribution is -2.30. The first kappa shape index (κ1) is 17.9. The number of aromatic nitrogens is 4. The van der Waals surface area contributed by atoms with Gasteiger partial charge >= 0.3 is 5.97 Å². The topological polar surface area (TPSA) is 91.2 Å². The van der Waals surface area contributed by atoms with Crippen molar-refractivity contribution < 1.29 is 14.3 Å². The predicted octanol–water partition coefficient (Wildman–Crippen LogP) is 2.56. The highest BCUT2D eigenvalue weighted by molar-refractivity contribution is 5.92. The van der Waals surface area contributed by atoms with Crippen molar-refractivity contribution in [2.24, 2.45) is 5.92 Å². The molecule has 0 saturated carbocycles. The highest BCUT2D eigenvalue weighted by Crippen LogP contribution is 2.38. The maximum Gasteiger partial charge on any atom is 0.338 e. The van der Waals surface area contributed by atoms with Crippen molar-refractivity contribution in [1.82, 2.24) is 20.2 Å². The molecule has 0 bridgehead atoms. The van der Waals surface area contributed by atoms with Crippen LogP contribution in [0.4, 0.5) is 5.95 Å². The second-order valence-electron chi connectivity index (χ2n) is 6.57. The van der Waals surface area contributed by atoms with E-state index in [9.17, 15) is 4.79 Å². The van der Waals surface area contributed by atoms with Gasteiger partial charge in [0.1, 0.15) is 11.8 Å². The summed E-state index contributed by atoms with van der Waals surface area (Å²) in [5, 5.41) is 14.8. The number of ether oxygens (including phenoxy) is 2. The molecule has 3 rings (SSSR count). The SMILES string of the molecule is COc1ccccc1[C@H]1C(C(=O)OCCC(C)C)=C(C)Nc2nnnn21. The standard InChI is InChI=1S/C18H23N5O3/c1-11(2)9-10-26-17(24)15-12(3)19-18-20-21-22-23(18)16(15)13-7-5-6-8-14(13)25-4/h5-8,11,16H,9-10H2,1-4H3,(H,19,20,22)/t16-/m0/s1. The second-order valence-corrected chi connectivity index (χ2v) is 6.57. The summed E-state index contributed by atoms with van der Waals surface area (Å²) in [6.07, 6.45) is 0.806. The van der Waals surface area contributed by atoms with Crippen molar-refractivity contribution in [3.63, 3.8) is 0 Å². The van der Waals surface area contributed by atoms with Crippen LogP contribution >= 0.6 is 0 Å². The first-order valence-electron chi connectivity index (χ1n) is 8.58. The van der Waals surface area contributed by atoms with E-state index in [2.05, 4.69) is 34.7 Å². The normalized spacial score (nSPS) is 16.3. The number of benzene rings is 1. The molecule has 0 unspecified atom stereocenters. The monoisotopic (exact) mass is 357 g/mol.